The Hall–Kier alpha value is -4.54. The summed E-state index contributed by atoms with van der Waals surface area (Å²) in [4.78, 5) is 75.8. The maximum Gasteiger partial charge on any atom is 0.290 e. The lowest BCUT2D eigenvalue weighted by Gasteiger charge is -2.26. The predicted molar refractivity (Wildman–Crippen MR) is 153 cm³/mol. The highest BCUT2D eigenvalue weighted by Gasteiger charge is 2.33. The minimum Gasteiger partial charge on any atom is -0.368 e. The SMILES string of the molecule is CCC[C@H](NC(=O)C(=O)C(C)NC(=O)C(Cc1ccccc1)NC(=O)Cc1ccccc1)C(=O)NC(C)(C)C(N)=O. The highest BCUT2D eigenvalue weighted by atomic mass is 16.2. The second-order valence-electron chi connectivity index (χ2n) is 10.4. The molecular weight excluding hydrogens is 526 g/mol. The largest absolute Gasteiger partial charge is 0.368 e. The van der Waals surface area contributed by atoms with Crippen LogP contribution < -0.4 is 27.0 Å². The third-order valence-corrected chi connectivity index (χ3v) is 6.37. The Bertz CT molecular complexity index is 1230. The van der Waals surface area contributed by atoms with Crippen LogP contribution in [0, 0.1) is 0 Å². The van der Waals surface area contributed by atoms with E-state index in [1.807, 2.05) is 36.4 Å². The van der Waals surface area contributed by atoms with Crippen molar-refractivity contribution in [2.45, 2.75) is 77.0 Å². The van der Waals surface area contributed by atoms with Gasteiger partial charge in [0.15, 0.2) is 0 Å². The van der Waals surface area contributed by atoms with Crippen LogP contribution in [0.25, 0.3) is 0 Å². The molecule has 0 saturated heterocycles. The van der Waals surface area contributed by atoms with Crippen LogP contribution >= 0.6 is 0 Å². The van der Waals surface area contributed by atoms with Gasteiger partial charge in [0.05, 0.1) is 12.5 Å². The van der Waals surface area contributed by atoms with Crippen LogP contribution in [0.4, 0.5) is 0 Å². The van der Waals surface area contributed by atoms with E-state index < -0.39 is 53.1 Å². The molecule has 0 aliphatic carbocycles. The molecule has 6 N–H and O–H groups in total. The van der Waals surface area contributed by atoms with Crippen molar-refractivity contribution in [3.8, 4) is 0 Å². The number of nitrogens with two attached hydrogens (primary N) is 1. The fourth-order valence-electron chi connectivity index (χ4n) is 3.91. The van der Waals surface area contributed by atoms with Crippen molar-refractivity contribution in [3.05, 3.63) is 71.8 Å². The highest BCUT2D eigenvalue weighted by molar-refractivity contribution is 6.38. The lowest BCUT2D eigenvalue weighted by atomic mass is 10.0. The summed E-state index contributed by atoms with van der Waals surface area (Å²) in [5, 5.41) is 10.1. The van der Waals surface area contributed by atoms with E-state index in [4.69, 9.17) is 5.73 Å². The first-order valence-electron chi connectivity index (χ1n) is 13.5. The summed E-state index contributed by atoms with van der Waals surface area (Å²) in [5.74, 6) is -4.50. The molecule has 0 aliphatic heterocycles. The van der Waals surface area contributed by atoms with Crippen molar-refractivity contribution >= 4 is 35.3 Å². The number of nitrogens with one attached hydrogen (secondary N) is 4. The third-order valence-electron chi connectivity index (χ3n) is 6.37. The normalized spacial score (nSPS) is 13.2. The Morgan fingerprint density at radius 1 is 0.780 bits per heavy atom. The van der Waals surface area contributed by atoms with Gasteiger partial charge in [-0.15, -0.1) is 0 Å². The first-order valence-corrected chi connectivity index (χ1v) is 13.5. The molecule has 220 valence electrons. The fourth-order valence-corrected chi connectivity index (χ4v) is 3.91. The number of hydrogen-bond acceptors (Lipinski definition) is 6. The van der Waals surface area contributed by atoms with Crippen molar-refractivity contribution in [1.82, 2.24) is 21.3 Å². The number of primary amides is 1. The highest BCUT2D eigenvalue weighted by Crippen LogP contribution is 2.07. The zero-order valence-corrected chi connectivity index (χ0v) is 23.9. The molecule has 0 saturated carbocycles. The maximum atomic E-state index is 13.2. The lowest BCUT2D eigenvalue weighted by molar-refractivity contribution is -0.142. The average molecular weight is 566 g/mol. The quantitative estimate of drug-likeness (QED) is 0.199. The van der Waals surface area contributed by atoms with Gasteiger partial charge in [0.25, 0.3) is 5.91 Å². The van der Waals surface area contributed by atoms with Crippen molar-refractivity contribution < 1.29 is 28.8 Å². The number of rotatable bonds is 15. The second kappa shape index (κ2) is 15.3. The number of hydrogen-bond donors (Lipinski definition) is 5. The summed E-state index contributed by atoms with van der Waals surface area (Å²) in [6.45, 7) is 5.97. The van der Waals surface area contributed by atoms with Gasteiger partial charge in [-0.2, -0.15) is 0 Å². The molecule has 2 unspecified atom stereocenters. The summed E-state index contributed by atoms with van der Waals surface area (Å²) < 4.78 is 0. The van der Waals surface area contributed by atoms with Crippen LogP contribution in [0.2, 0.25) is 0 Å². The molecule has 5 amide bonds. The van der Waals surface area contributed by atoms with Gasteiger partial charge < -0.3 is 27.0 Å². The van der Waals surface area contributed by atoms with Crippen LogP contribution in [0.1, 0.15) is 51.7 Å². The summed E-state index contributed by atoms with van der Waals surface area (Å²) in [5.41, 5.74) is 5.51. The molecule has 41 heavy (non-hydrogen) atoms. The molecule has 11 heteroatoms. The molecule has 0 aromatic heterocycles. The summed E-state index contributed by atoms with van der Waals surface area (Å²) in [6, 6.07) is 14.7. The van der Waals surface area contributed by atoms with Crippen LogP contribution in [0.15, 0.2) is 60.7 Å². The van der Waals surface area contributed by atoms with Gasteiger partial charge in [-0.3, -0.25) is 28.8 Å². The molecular formula is C30H39N5O6. The maximum absolute atomic E-state index is 13.2. The van der Waals surface area contributed by atoms with Crippen molar-refractivity contribution in [3.63, 3.8) is 0 Å². The smallest absolute Gasteiger partial charge is 0.290 e. The Morgan fingerprint density at radius 3 is 1.88 bits per heavy atom. The van der Waals surface area contributed by atoms with Crippen LogP contribution in [0.5, 0.6) is 0 Å². The number of Topliss-reactive ketones (excluding diaryl/α,β-unsaturated/α-hetero) is 1. The minimum atomic E-state index is -1.36. The van der Waals surface area contributed by atoms with Crippen LogP contribution in [-0.2, 0) is 41.6 Å². The molecule has 11 nitrogen and oxygen atoms in total. The summed E-state index contributed by atoms with van der Waals surface area (Å²) in [7, 11) is 0. The van der Waals surface area contributed by atoms with Gasteiger partial charge >= 0.3 is 0 Å². The standard InChI is InChI=1S/C30H39N5O6/c1-5-12-22(27(39)35-30(3,4)29(31)41)34-28(40)25(37)19(2)32-26(38)23(17-20-13-8-6-9-14-20)33-24(36)18-21-15-10-7-11-16-21/h6-11,13-16,19,22-23H,5,12,17-18H2,1-4H3,(H2,31,41)(H,32,38)(H,33,36)(H,34,40)(H,35,39)/t19?,22-,23?/m0/s1. The van der Waals surface area contributed by atoms with E-state index in [0.29, 0.717) is 6.42 Å². The Balaban J connectivity index is 2.09. The second-order valence-corrected chi connectivity index (χ2v) is 10.4. The zero-order chi connectivity index (χ0) is 30.6. The molecule has 2 rings (SSSR count). The van der Waals surface area contributed by atoms with E-state index in [2.05, 4.69) is 21.3 Å². The van der Waals surface area contributed by atoms with E-state index in [1.165, 1.54) is 20.8 Å². The summed E-state index contributed by atoms with van der Waals surface area (Å²) >= 11 is 0. The van der Waals surface area contributed by atoms with E-state index in [9.17, 15) is 28.8 Å². The lowest BCUT2D eigenvalue weighted by Crippen LogP contribution is -2.59. The topological polar surface area (TPSA) is 177 Å². The Kier molecular flexibility index (Phi) is 12.2. The monoisotopic (exact) mass is 565 g/mol. The first-order chi connectivity index (χ1) is 19.3. The van der Waals surface area contributed by atoms with Gasteiger partial charge in [-0.25, -0.2) is 0 Å². The van der Waals surface area contributed by atoms with Gasteiger partial charge in [-0.1, -0.05) is 74.0 Å². The summed E-state index contributed by atoms with van der Waals surface area (Å²) in [6.07, 6.45) is 0.922. The van der Waals surface area contributed by atoms with E-state index in [-0.39, 0.29) is 25.2 Å². The number of benzene rings is 2. The predicted octanol–water partition coefficient (Wildman–Crippen LogP) is 0.695. The number of ketones is 1. The molecule has 3 atom stereocenters. The Labute approximate surface area is 240 Å². The first kappa shape index (κ1) is 32.7. The molecule has 0 spiro atoms. The molecule has 0 heterocycles. The van der Waals surface area contributed by atoms with Crippen LogP contribution in [0.3, 0.4) is 0 Å². The fraction of sp³-hybridized carbons (Fsp3) is 0.400. The molecule has 0 aliphatic rings. The van der Waals surface area contributed by atoms with E-state index in [1.54, 1.807) is 31.2 Å². The van der Waals surface area contributed by atoms with Gasteiger partial charge in [0.2, 0.25) is 29.4 Å². The van der Waals surface area contributed by atoms with E-state index in [0.717, 1.165) is 11.1 Å². The Morgan fingerprint density at radius 2 is 1.34 bits per heavy atom. The number of carbonyl (C=O) groups excluding carboxylic acids is 6. The molecule has 0 bridgehead atoms. The zero-order valence-electron chi connectivity index (χ0n) is 23.9. The molecule has 2 aromatic carbocycles. The molecule has 2 aromatic rings. The average Bonchev–Trinajstić information content (AvgIpc) is 2.92. The van der Waals surface area contributed by atoms with Crippen molar-refractivity contribution in [2.75, 3.05) is 0 Å². The van der Waals surface area contributed by atoms with Crippen molar-refractivity contribution in [2.24, 2.45) is 5.73 Å². The molecule has 0 radical (unpaired) electrons. The third kappa shape index (κ3) is 10.5. The number of amides is 5. The molecule has 0 fully saturated rings. The van der Waals surface area contributed by atoms with Crippen molar-refractivity contribution in [1.29, 1.82) is 0 Å². The van der Waals surface area contributed by atoms with E-state index >= 15 is 0 Å². The van der Waals surface area contributed by atoms with Crippen LogP contribution in [-0.4, -0.2) is 59.0 Å². The van der Waals surface area contributed by atoms with Gasteiger partial charge in [-0.05, 0) is 38.3 Å². The minimum absolute atomic E-state index is 0.0593. The van der Waals surface area contributed by atoms with Gasteiger partial charge in [0, 0.05) is 6.42 Å². The number of carbonyl (C=O) groups is 6. The van der Waals surface area contributed by atoms with Gasteiger partial charge in [0.1, 0.15) is 17.6 Å².